The average molecular weight is 314 g/mol. The second kappa shape index (κ2) is 5.94. The predicted octanol–water partition coefficient (Wildman–Crippen LogP) is 0.335. The van der Waals surface area contributed by atoms with Crippen molar-refractivity contribution >= 4 is 17.5 Å². The molecule has 0 atom stereocenters. The molecule has 1 aromatic rings. The van der Waals surface area contributed by atoms with Crippen LogP contribution < -0.4 is 10.6 Å². The van der Waals surface area contributed by atoms with Gasteiger partial charge in [-0.15, -0.1) is 0 Å². The quantitative estimate of drug-likeness (QED) is 0.787. The van der Waals surface area contributed by atoms with Gasteiger partial charge in [0.15, 0.2) is 0 Å². The summed E-state index contributed by atoms with van der Waals surface area (Å²) in [6.45, 7) is 5.33. The highest BCUT2D eigenvalue weighted by atomic mass is 16.2. The smallest absolute Gasteiger partial charge is 0.233 e. The lowest BCUT2D eigenvalue weighted by molar-refractivity contribution is -0.132. The lowest BCUT2D eigenvalue weighted by Gasteiger charge is -2.57. The van der Waals surface area contributed by atoms with Gasteiger partial charge in [0, 0.05) is 49.7 Å². The maximum absolute atomic E-state index is 12.2. The third-order valence-electron chi connectivity index (χ3n) is 5.09. The number of amides is 2. The number of anilines is 1. The van der Waals surface area contributed by atoms with Gasteiger partial charge in [0.25, 0.3) is 0 Å². The molecule has 0 saturated carbocycles. The van der Waals surface area contributed by atoms with E-state index in [9.17, 15) is 9.59 Å². The minimum absolute atomic E-state index is 0.113. The molecular weight excluding hydrogens is 292 g/mol. The molecule has 0 spiro atoms. The number of carbonyl (C=O) groups excluding carboxylic acids is 2. The second-order valence-electron chi connectivity index (χ2n) is 6.92. The number of carbonyl (C=O) groups is 2. The molecule has 23 heavy (non-hydrogen) atoms. The molecule has 6 nitrogen and oxygen atoms in total. The van der Waals surface area contributed by atoms with Gasteiger partial charge >= 0.3 is 0 Å². The molecule has 1 aromatic carbocycles. The molecule has 0 unspecified atom stereocenters. The molecule has 4 bridgehead atoms. The van der Waals surface area contributed by atoms with Crippen LogP contribution in [-0.2, 0) is 9.59 Å². The Morgan fingerprint density at radius 3 is 2.17 bits per heavy atom. The van der Waals surface area contributed by atoms with Crippen molar-refractivity contribution < 1.29 is 9.59 Å². The molecule has 0 aromatic heterocycles. The van der Waals surface area contributed by atoms with Crippen molar-refractivity contribution in [2.24, 2.45) is 11.8 Å². The Bertz CT molecular complexity index is 576. The summed E-state index contributed by atoms with van der Waals surface area (Å²) in [6, 6.07) is 9.46. The molecular formula is C17H22N4O2. The maximum atomic E-state index is 12.2. The fourth-order valence-corrected chi connectivity index (χ4v) is 4.29. The van der Waals surface area contributed by atoms with Gasteiger partial charge in [0.2, 0.25) is 11.8 Å². The number of rotatable bonds is 4. The van der Waals surface area contributed by atoms with Crippen LogP contribution in [-0.4, -0.2) is 60.5 Å². The van der Waals surface area contributed by atoms with E-state index in [2.05, 4.69) is 20.4 Å². The Morgan fingerprint density at radius 1 is 0.957 bits per heavy atom. The van der Waals surface area contributed by atoms with E-state index in [1.807, 2.05) is 30.3 Å². The molecule has 2 amide bonds. The number of piperidine rings is 2. The average Bonchev–Trinajstić information content (AvgIpc) is 2.51. The van der Waals surface area contributed by atoms with Crippen molar-refractivity contribution in [1.82, 2.24) is 15.1 Å². The van der Waals surface area contributed by atoms with Gasteiger partial charge < -0.3 is 10.6 Å². The van der Waals surface area contributed by atoms with E-state index in [1.165, 1.54) is 0 Å². The van der Waals surface area contributed by atoms with Crippen LogP contribution in [0, 0.1) is 11.8 Å². The zero-order valence-corrected chi connectivity index (χ0v) is 13.1. The summed E-state index contributed by atoms with van der Waals surface area (Å²) < 4.78 is 0. The molecule has 4 aliphatic rings. The fourth-order valence-electron chi connectivity index (χ4n) is 4.29. The highest BCUT2D eigenvalue weighted by molar-refractivity contribution is 6.03. The molecule has 6 heteroatoms. The van der Waals surface area contributed by atoms with E-state index in [1.54, 1.807) is 0 Å². The zero-order chi connectivity index (χ0) is 15.8. The Labute approximate surface area is 135 Å². The second-order valence-corrected chi connectivity index (χ2v) is 6.92. The summed E-state index contributed by atoms with van der Waals surface area (Å²) >= 11 is 0. The molecule has 4 heterocycles. The van der Waals surface area contributed by atoms with E-state index in [0.717, 1.165) is 38.5 Å². The Morgan fingerprint density at radius 2 is 1.57 bits per heavy atom. The van der Waals surface area contributed by atoms with E-state index < -0.39 is 0 Å². The first kappa shape index (κ1) is 14.7. The largest absolute Gasteiger partial charge is 0.352 e. The lowest BCUT2D eigenvalue weighted by atomic mass is 9.77. The monoisotopic (exact) mass is 314 g/mol. The molecule has 0 radical (unpaired) electrons. The first-order valence-corrected chi connectivity index (χ1v) is 8.26. The van der Waals surface area contributed by atoms with Crippen molar-refractivity contribution in [2.45, 2.75) is 12.5 Å². The van der Waals surface area contributed by atoms with Crippen LogP contribution in [0.1, 0.15) is 6.42 Å². The van der Waals surface area contributed by atoms with Gasteiger partial charge in [-0.25, -0.2) is 0 Å². The molecule has 5 rings (SSSR count). The summed E-state index contributed by atoms with van der Waals surface area (Å²) in [6.07, 6.45) is -0.113. The molecule has 4 fully saturated rings. The van der Waals surface area contributed by atoms with Crippen LogP contribution in [0.2, 0.25) is 0 Å². The number of benzene rings is 1. The van der Waals surface area contributed by atoms with Gasteiger partial charge in [-0.05, 0) is 12.1 Å². The summed E-state index contributed by atoms with van der Waals surface area (Å²) in [5.41, 5.74) is 0.723. The molecule has 4 aliphatic heterocycles. The van der Waals surface area contributed by atoms with Crippen molar-refractivity contribution in [2.75, 3.05) is 38.2 Å². The van der Waals surface area contributed by atoms with Crippen molar-refractivity contribution in [3.05, 3.63) is 30.3 Å². The van der Waals surface area contributed by atoms with Crippen LogP contribution in [0.3, 0.4) is 0 Å². The first-order valence-electron chi connectivity index (χ1n) is 8.26. The van der Waals surface area contributed by atoms with E-state index >= 15 is 0 Å². The van der Waals surface area contributed by atoms with Gasteiger partial charge in [-0.1, -0.05) is 18.2 Å². The molecule has 122 valence electrons. The molecule has 2 N–H and O–H groups in total. The topological polar surface area (TPSA) is 64.7 Å². The summed E-state index contributed by atoms with van der Waals surface area (Å²) in [7, 11) is 0. The lowest BCUT2D eigenvalue weighted by Crippen LogP contribution is -2.71. The number of nitrogens with one attached hydrogen (secondary N) is 2. The Balaban J connectivity index is 1.31. The van der Waals surface area contributed by atoms with Crippen LogP contribution in [0.5, 0.6) is 0 Å². The fraction of sp³-hybridized carbons (Fsp3) is 0.529. The van der Waals surface area contributed by atoms with Crippen molar-refractivity contribution in [1.29, 1.82) is 0 Å². The Kier molecular flexibility index (Phi) is 3.79. The van der Waals surface area contributed by atoms with E-state index in [4.69, 9.17) is 0 Å². The SMILES string of the molecule is O=C(CC(=O)NC1C2CN3CC1CN(C2)C3)Nc1ccccc1. The zero-order valence-electron chi connectivity index (χ0n) is 13.1. The van der Waals surface area contributed by atoms with Crippen molar-refractivity contribution in [3.8, 4) is 0 Å². The normalized spacial score (nSPS) is 34.2. The van der Waals surface area contributed by atoms with Crippen LogP contribution in [0.4, 0.5) is 5.69 Å². The minimum atomic E-state index is -0.259. The van der Waals surface area contributed by atoms with Gasteiger partial charge in [0.05, 0.1) is 6.67 Å². The first-order chi connectivity index (χ1) is 11.2. The third-order valence-corrected chi connectivity index (χ3v) is 5.09. The number of hydrogen-bond acceptors (Lipinski definition) is 4. The standard InChI is InChI=1S/C17H22N4O2/c22-15(18-14-4-2-1-3-5-14)6-16(23)19-17-12-7-20-9-13(17)10-21(8-12)11-20/h1-5,12-13,17H,6-11H2,(H,18,22)(H,19,23). The summed E-state index contributed by atoms with van der Waals surface area (Å²) in [5, 5.41) is 5.88. The third kappa shape index (κ3) is 3.09. The van der Waals surface area contributed by atoms with Crippen LogP contribution in [0.15, 0.2) is 30.3 Å². The van der Waals surface area contributed by atoms with Crippen molar-refractivity contribution in [3.63, 3.8) is 0 Å². The van der Waals surface area contributed by atoms with Crippen LogP contribution >= 0.6 is 0 Å². The highest BCUT2D eigenvalue weighted by Gasteiger charge is 2.47. The van der Waals surface area contributed by atoms with E-state index in [-0.39, 0.29) is 24.3 Å². The van der Waals surface area contributed by atoms with Gasteiger partial charge in [0.1, 0.15) is 6.42 Å². The van der Waals surface area contributed by atoms with Crippen LogP contribution in [0.25, 0.3) is 0 Å². The van der Waals surface area contributed by atoms with Gasteiger partial charge in [-0.2, -0.15) is 0 Å². The maximum Gasteiger partial charge on any atom is 0.233 e. The highest BCUT2D eigenvalue weighted by Crippen LogP contribution is 2.33. The number of para-hydroxylation sites is 1. The summed E-state index contributed by atoms with van der Waals surface area (Å²) in [5.74, 6) is 0.570. The molecule has 0 aliphatic carbocycles. The summed E-state index contributed by atoms with van der Waals surface area (Å²) in [4.78, 5) is 29.1. The number of nitrogens with zero attached hydrogens (tertiary/aromatic N) is 2. The van der Waals surface area contributed by atoms with Gasteiger partial charge in [-0.3, -0.25) is 19.4 Å². The molecule has 4 saturated heterocycles. The Hall–Kier alpha value is -1.92. The predicted molar refractivity (Wildman–Crippen MR) is 86.6 cm³/mol. The number of hydrogen-bond donors (Lipinski definition) is 2. The van der Waals surface area contributed by atoms with E-state index in [0.29, 0.717) is 11.8 Å². The minimum Gasteiger partial charge on any atom is -0.352 e.